The van der Waals surface area contributed by atoms with Crippen LogP contribution in [0.4, 0.5) is 0 Å². The summed E-state index contributed by atoms with van der Waals surface area (Å²) in [4.78, 5) is 2.28. The minimum Gasteiger partial charge on any atom is -0.310 e. The lowest BCUT2D eigenvalue weighted by Gasteiger charge is -2.40. The molecule has 1 atom stereocenters. The number of nitrogens with one attached hydrogen (secondary N) is 1. The van der Waals surface area contributed by atoms with Crippen LogP contribution in [-0.4, -0.2) is 37.6 Å². The van der Waals surface area contributed by atoms with E-state index in [1.165, 1.54) is 18.4 Å². The third kappa shape index (κ3) is 4.05. The van der Waals surface area contributed by atoms with Crippen LogP contribution in [0, 0.1) is 5.92 Å². The van der Waals surface area contributed by atoms with E-state index < -0.39 is 0 Å². The first kappa shape index (κ1) is 14.5. The van der Waals surface area contributed by atoms with Gasteiger partial charge in [-0.2, -0.15) is 0 Å². The highest BCUT2D eigenvalue weighted by molar-refractivity contribution is 5.22. The van der Waals surface area contributed by atoms with Crippen LogP contribution in [0.25, 0.3) is 0 Å². The van der Waals surface area contributed by atoms with E-state index in [9.17, 15) is 0 Å². The number of hydrogen-bond donors (Lipinski definition) is 1. The fourth-order valence-corrected chi connectivity index (χ4v) is 2.90. The number of nitrogens with zero attached hydrogens (tertiary/aromatic N) is 1. The molecule has 2 rings (SSSR count). The van der Waals surface area contributed by atoms with Gasteiger partial charge in [-0.05, 0) is 44.3 Å². The van der Waals surface area contributed by atoms with E-state index >= 15 is 0 Å². The molecule has 0 heterocycles. The zero-order chi connectivity index (χ0) is 13.8. The average Bonchev–Trinajstić information content (AvgIpc) is 2.32. The van der Waals surface area contributed by atoms with Crippen LogP contribution in [0.5, 0.6) is 0 Å². The lowest BCUT2D eigenvalue weighted by molar-refractivity contribution is 0.210. The number of rotatable bonds is 6. The van der Waals surface area contributed by atoms with Crippen LogP contribution in [0.2, 0.25) is 0 Å². The summed E-state index contributed by atoms with van der Waals surface area (Å²) in [5.74, 6) is 1.46. The number of likely N-dealkylation sites (N-methyl/N-ethyl adjacent to an activating group) is 1. The number of benzene rings is 1. The van der Waals surface area contributed by atoms with Gasteiger partial charge in [-0.15, -0.1) is 0 Å². The summed E-state index contributed by atoms with van der Waals surface area (Å²) < 4.78 is 0. The number of hydrogen-bond acceptors (Lipinski definition) is 2. The first-order chi connectivity index (χ1) is 9.06. The van der Waals surface area contributed by atoms with Gasteiger partial charge in [0.2, 0.25) is 0 Å². The van der Waals surface area contributed by atoms with Gasteiger partial charge in [-0.25, -0.2) is 0 Å². The van der Waals surface area contributed by atoms with Gasteiger partial charge in [0.05, 0.1) is 0 Å². The van der Waals surface area contributed by atoms with Gasteiger partial charge in [0.15, 0.2) is 0 Å². The van der Waals surface area contributed by atoms with Gasteiger partial charge in [0.1, 0.15) is 0 Å². The standard InChI is InChI=1S/C17H28N2/c1-13(2)17(12-19(3)4)18-16-10-15(11-16)14-8-6-5-7-9-14/h5-9,13,15-18H,10-12H2,1-4H3. The van der Waals surface area contributed by atoms with Crippen molar-refractivity contribution in [2.75, 3.05) is 20.6 Å². The highest BCUT2D eigenvalue weighted by Crippen LogP contribution is 2.37. The molecule has 2 heteroatoms. The first-order valence-corrected chi connectivity index (χ1v) is 7.52. The van der Waals surface area contributed by atoms with E-state index in [0.29, 0.717) is 18.0 Å². The molecule has 0 bridgehead atoms. The summed E-state index contributed by atoms with van der Waals surface area (Å²) in [7, 11) is 4.31. The monoisotopic (exact) mass is 260 g/mol. The maximum Gasteiger partial charge on any atom is 0.0220 e. The van der Waals surface area contributed by atoms with E-state index in [0.717, 1.165) is 12.5 Å². The molecule has 1 N–H and O–H groups in total. The molecular weight excluding hydrogens is 232 g/mol. The van der Waals surface area contributed by atoms with Crippen molar-refractivity contribution in [1.82, 2.24) is 10.2 Å². The quantitative estimate of drug-likeness (QED) is 0.845. The van der Waals surface area contributed by atoms with Crippen LogP contribution in [0.3, 0.4) is 0 Å². The molecule has 0 amide bonds. The highest BCUT2D eigenvalue weighted by Gasteiger charge is 2.32. The SMILES string of the molecule is CC(C)C(CN(C)C)NC1CC(c2ccccc2)C1. The van der Waals surface area contributed by atoms with Crippen molar-refractivity contribution in [3.63, 3.8) is 0 Å². The van der Waals surface area contributed by atoms with E-state index in [-0.39, 0.29) is 0 Å². The molecule has 19 heavy (non-hydrogen) atoms. The van der Waals surface area contributed by atoms with Crippen molar-refractivity contribution >= 4 is 0 Å². The second-order valence-corrected chi connectivity index (χ2v) is 6.56. The molecule has 1 saturated carbocycles. The molecule has 2 nitrogen and oxygen atoms in total. The van der Waals surface area contributed by atoms with Gasteiger partial charge in [-0.3, -0.25) is 0 Å². The highest BCUT2D eigenvalue weighted by atomic mass is 15.1. The molecule has 0 radical (unpaired) electrons. The maximum absolute atomic E-state index is 3.84. The van der Waals surface area contributed by atoms with E-state index in [1.54, 1.807) is 0 Å². The lowest BCUT2D eigenvalue weighted by Crippen LogP contribution is -2.51. The Labute approximate surface area is 118 Å². The zero-order valence-corrected chi connectivity index (χ0v) is 12.8. The van der Waals surface area contributed by atoms with Crippen molar-refractivity contribution in [1.29, 1.82) is 0 Å². The van der Waals surface area contributed by atoms with Crippen molar-refractivity contribution in [2.45, 2.75) is 44.7 Å². The Morgan fingerprint density at radius 3 is 2.32 bits per heavy atom. The van der Waals surface area contributed by atoms with Crippen molar-refractivity contribution in [2.24, 2.45) is 5.92 Å². The Morgan fingerprint density at radius 2 is 1.79 bits per heavy atom. The van der Waals surface area contributed by atoms with Crippen LogP contribution in [0.1, 0.15) is 38.2 Å². The fourth-order valence-electron chi connectivity index (χ4n) is 2.90. The average molecular weight is 260 g/mol. The van der Waals surface area contributed by atoms with Crippen LogP contribution in [-0.2, 0) is 0 Å². The summed E-state index contributed by atoms with van der Waals surface area (Å²) in [6, 6.07) is 12.2. The molecule has 0 aromatic heterocycles. The first-order valence-electron chi connectivity index (χ1n) is 7.52. The molecule has 0 aliphatic heterocycles. The normalized spacial score (nSPS) is 24.5. The third-order valence-electron chi connectivity index (χ3n) is 4.23. The van der Waals surface area contributed by atoms with Crippen LogP contribution in [0.15, 0.2) is 30.3 Å². The molecule has 1 aromatic rings. The van der Waals surface area contributed by atoms with Gasteiger partial charge >= 0.3 is 0 Å². The van der Waals surface area contributed by atoms with Crippen LogP contribution >= 0.6 is 0 Å². The van der Waals surface area contributed by atoms with E-state index in [1.807, 2.05) is 0 Å². The lowest BCUT2D eigenvalue weighted by atomic mass is 9.75. The van der Waals surface area contributed by atoms with Gasteiger partial charge < -0.3 is 10.2 Å². The summed E-state index contributed by atoms with van der Waals surface area (Å²) in [5.41, 5.74) is 1.51. The molecule has 106 valence electrons. The minimum atomic E-state index is 0.608. The Kier molecular flexibility index (Phi) is 5.00. The Balaban J connectivity index is 1.80. The van der Waals surface area contributed by atoms with Gasteiger partial charge in [0, 0.05) is 18.6 Å². The van der Waals surface area contributed by atoms with Gasteiger partial charge in [0.25, 0.3) is 0 Å². The van der Waals surface area contributed by atoms with Crippen LogP contribution < -0.4 is 5.32 Å². The molecular formula is C17H28N2. The maximum atomic E-state index is 3.84. The Morgan fingerprint density at radius 1 is 1.16 bits per heavy atom. The summed E-state index contributed by atoms with van der Waals surface area (Å²) >= 11 is 0. The topological polar surface area (TPSA) is 15.3 Å². The molecule has 1 aliphatic rings. The summed E-state index contributed by atoms with van der Waals surface area (Å²) in [5, 5.41) is 3.84. The second-order valence-electron chi connectivity index (χ2n) is 6.56. The molecule has 0 saturated heterocycles. The largest absolute Gasteiger partial charge is 0.310 e. The molecule has 1 aromatic carbocycles. The minimum absolute atomic E-state index is 0.608. The zero-order valence-electron chi connectivity index (χ0n) is 12.8. The predicted octanol–water partition coefficient (Wildman–Crippen LogP) is 3.11. The molecule has 1 fully saturated rings. The smallest absolute Gasteiger partial charge is 0.0220 e. The molecule has 1 aliphatic carbocycles. The van der Waals surface area contributed by atoms with Crippen molar-refractivity contribution in [3.05, 3.63) is 35.9 Å². The molecule has 0 spiro atoms. The van der Waals surface area contributed by atoms with Crippen molar-refractivity contribution in [3.8, 4) is 0 Å². The summed E-state index contributed by atoms with van der Waals surface area (Å²) in [6.45, 7) is 5.76. The fraction of sp³-hybridized carbons (Fsp3) is 0.647. The van der Waals surface area contributed by atoms with Gasteiger partial charge in [-0.1, -0.05) is 44.2 Å². The van der Waals surface area contributed by atoms with E-state index in [2.05, 4.69) is 68.5 Å². The predicted molar refractivity (Wildman–Crippen MR) is 82.5 cm³/mol. The third-order valence-corrected chi connectivity index (χ3v) is 4.23. The summed E-state index contributed by atoms with van der Waals surface area (Å²) in [6.07, 6.45) is 2.58. The molecule has 1 unspecified atom stereocenters. The Hall–Kier alpha value is -0.860. The second kappa shape index (κ2) is 6.53. The Bertz CT molecular complexity index is 366. The van der Waals surface area contributed by atoms with E-state index in [4.69, 9.17) is 0 Å². The van der Waals surface area contributed by atoms with Crippen molar-refractivity contribution < 1.29 is 0 Å².